The first-order valence-electron chi connectivity index (χ1n) is 6.81. The summed E-state index contributed by atoms with van der Waals surface area (Å²) in [5.41, 5.74) is 7.67. The van der Waals surface area contributed by atoms with Gasteiger partial charge in [0, 0.05) is 24.3 Å². The van der Waals surface area contributed by atoms with E-state index >= 15 is 0 Å². The molecular weight excluding hydrogens is 277 g/mol. The maximum atomic E-state index is 14.0. The molecule has 110 valence electrons. The number of hydrogen-bond acceptors (Lipinski definition) is 2. The fraction of sp³-hybridized carbons (Fsp3) is 0.250. The molecule has 1 aliphatic heterocycles. The Kier molecular flexibility index (Phi) is 3.59. The van der Waals surface area contributed by atoms with Gasteiger partial charge in [0.2, 0.25) is 0 Å². The first kappa shape index (κ1) is 13.9. The molecule has 0 aliphatic carbocycles. The summed E-state index contributed by atoms with van der Waals surface area (Å²) in [6, 6.07) is 8.09. The van der Waals surface area contributed by atoms with Crippen molar-refractivity contribution in [1.82, 2.24) is 0 Å². The average molecular weight is 292 g/mol. The molecular formula is C16H15F3N2. The van der Waals surface area contributed by atoms with Crippen LogP contribution in [0.5, 0.6) is 0 Å². The molecule has 2 N–H and O–H groups in total. The fourth-order valence-electron chi connectivity index (χ4n) is 2.90. The Morgan fingerprint density at radius 1 is 1.14 bits per heavy atom. The van der Waals surface area contributed by atoms with Gasteiger partial charge in [-0.05, 0) is 30.2 Å². The molecule has 2 aromatic rings. The quantitative estimate of drug-likeness (QED) is 0.941. The molecule has 21 heavy (non-hydrogen) atoms. The number of anilines is 1. The highest BCUT2D eigenvalue weighted by Crippen LogP contribution is 2.36. The van der Waals surface area contributed by atoms with Crippen LogP contribution in [0.25, 0.3) is 0 Å². The molecule has 1 unspecified atom stereocenters. The van der Waals surface area contributed by atoms with Crippen molar-refractivity contribution in [2.75, 3.05) is 18.0 Å². The van der Waals surface area contributed by atoms with E-state index in [1.54, 1.807) is 6.07 Å². The minimum absolute atomic E-state index is 0.121. The van der Waals surface area contributed by atoms with E-state index < -0.39 is 17.7 Å². The number of nitrogens with zero attached hydrogens (tertiary/aromatic N) is 1. The predicted molar refractivity (Wildman–Crippen MR) is 75.6 cm³/mol. The first-order chi connectivity index (χ1) is 10.1. The van der Waals surface area contributed by atoms with Crippen LogP contribution in [0.1, 0.15) is 17.2 Å². The zero-order valence-corrected chi connectivity index (χ0v) is 11.3. The third kappa shape index (κ3) is 2.38. The molecule has 0 aromatic heterocycles. The summed E-state index contributed by atoms with van der Waals surface area (Å²) >= 11 is 0. The number of benzene rings is 2. The lowest BCUT2D eigenvalue weighted by Gasteiger charge is -2.30. The van der Waals surface area contributed by atoms with Gasteiger partial charge in [-0.2, -0.15) is 0 Å². The maximum absolute atomic E-state index is 14.0. The number of hydrogen-bond donors (Lipinski definition) is 1. The molecule has 0 saturated heterocycles. The standard InChI is InChI=1S/C16H15F3N2/c17-11-5-4-10-6-7-21(14(10)8-11)15(9-20)12-2-1-3-13(18)16(12)19/h1-5,8,15H,6-7,9,20H2. The van der Waals surface area contributed by atoms with Crippen molar-refractivity contribution in [2.45, 2.75) is 12.5 Å². The number of nitrogens with two attached hydrogens (primary N) is 1. The summed E-state index contributed by atoms with van der Waals surface area (Å²) in [6.45, 7) is 0.729. The summed E-state index contributed by atoms with van der Waals surface area (Å²) in [6.07, 6.45) is 0.739. The van der Waals surface area contributed by atoms with E-state index in [1.165, 1.54) is 24.3 Å². The first-order valence-corrected chi connectivity index (χ1v) is 6.81. The lowest BCUT2D eigenvalue weighted by Crippen LogP contribution is -2.33. The topological polar surface area (TPSA) is 29.3 Å². The zero-order chi connectivity index (χ0) is 15.0. The lowest BCUT2D eigenvalue weighted by molar-refractivity contribution is 0.484. The van der Waals surface area contributed by atoms with Gasteiger partial charge in [0.15, 0.2) is 11.6 Å². The van der Waals surface area contributed by atoms with E-state index in [0.29, 0.717) is 12.2 Å². The lowest BCUT2D eigenvalue weighted by atomic mass is 10.0. The molecule has 1 aliphatic rings. The van der Waals surface area contributed by atoms with Crippen molar-refractivity contribution in [3.63, 3.8) is 0 Å². The van der Waals surface area contributed by atoms with E-state index in [2.05, 4.69) is 0 Å². The van der Waals surface area contributed by atoms with Crippen LogP contribution < -0.4 is 10.6 Å². The minimum atomic E-state index is -0.899. The maximum Gasteiger partial charge on any atom is 0.164 e. The van der Waals surface area contributed by atoms with Gasteiger partial charge in [-0.15, -0.1) is 0 Å². The second kappa shape index (κ2) is 5.41. The van der Waals surface area contributed by atoms with Crippen molar-refractivity contribution in [1.29, 1.82) is 0 Å². The van der Waals surface area contributed by atoms with Gasteiger partial charge in [-0.1, -0.05) is 18.2 Å². The van der Waals surface area contributed by atoms with Crippen molar-refractivity contribution >= 4 is 5.69 Å². The van der Waals surface area contributed by atoms with Crippen molar-refractivity contribution in [3.8, 4) is 0 Å². The zero-order valence-electron chi connectivity index (χ0n) is 11.3. The Labute approximate surface area is 121 Å². The molecule has 0 saturated carbocycles. The van der Waals surface area contributed by atoms with Gasteiger partial charge in [0.05, 0.1) is 6.04 Å². The van der Waals surface area contributed by atoms with Crippen molar-refractivity contribution in [2.24, 2.45) is 5.73 Å². The molecule has 2 nitrogen and oxygen atoms in total. The Balaban J connectivity index is 2.03. The smallest absolute Gasteiger partial charge is 0.164 e. The Morgan fingerprint density at radius 3 is 2.71 bits per heavy atom. The highest BCUT2D eigenvalue weighted by molar-refractivity contribution is 5.60. The summed E-state index contributed by atoms with van der Waals surface area (Å²) in [5, 5.41) is 0. The van der Waals surface area contributed by atoms with Crippen molar-refractivity contribution < 1.29 is 13.2 Å². The normalized spacial score (nSPS) is 15.1. The van der Waals surface area contributed by atoms with E-state index in [-0.39, 0.29) is 17.9 Å². The molecule has 0 fully saturated rings. The Morgan fingerprint density at radius 2 is 1.95 bits per heavy atom. The second-order valence-corrected chi connectivity index (χ2v) is 5.11. The Hall–Kier alpha value is -2.01. The number of halogens is 3. The van der Waals surface area contributed by atoms with Crippen LogP contribution in [0, 0.1) is 17.5 Å². The second-order valence-electron chi connectivity index (χ2n) is 5.11. The Bertz CT molecular complexity index is 673. The van der Waals surface area contributed by atoms with Crippen LogP contribution in [0.3, 0.4) is 0 Å². The van der Waals surface area contributed by atoms with Gasteiger partial charge in [0.25, 0.3) is 0 Å². The highest BCUT2D eigenvalue weighted by atomic mass is 19.2. The molecule has 5 heteroatoms. The van der Waals surface area contributed by atoms with Crippen LogP contribution in [0.15, 0.2) is 36.4 Å². The molecule has 1 atom stereocenters. The molecule has 2 aromatic carbocycles. The third-order valence-corrected chi connectivity index (χ3v) is 3.92. The number of fused-ring (bicyclic) bond motifs is 1. The number of rotatable bonds is 3. The van der Waals surface area contributed by atoms with Crippen LogP contribution in [-0.4, -0.2) is 13.1 Å². The van der Waals surface area contributed by atoms with E-state index in [0.717, 1.165) is 18.1 Å². The van der Waals surface area contributed by atoms with E-state index in [4.69, 9.17) is 5.73 Å². The van der Waals surface area contributed by atoms with Gasteiger partial charge in [-0.25, -0.2) is 13.2 Å². The molecule has 0 radical (unpaired) electrons. The summed E-state index contributed by atoms with van der Waals surface area (Å²) in [4.78, 5) is 1.84. The molecule has 0 bridgehead atoms. The molecule has 0 amide bonds. The average Bonchev–Trinajstić information content (AvgIpc) is 2.87. The van der Waals surface area contributed by atoms with E-state index in [9.17, 15) is 13.2 Å². The van der Waals surface area contributed by atoms with E-state index in [1.807, 2.05) is 4.90 Å². The van der Waals surface area contributed by atoms with Crippen molar-refractivity contribution in [3.05, 3.63) is 65.0 Å². The largest absolute Gasteiger partial charge is 0.362 e. The van der Waals surface area contributed by atoms with Crippen LogP contribution >= 0.6 is 0 Å². The van der Waals surface area contributed by atoms with Crippen LogP contribution in [-0.2, 0) is 6.42 Å². The molecule has 3 rings (SSSR count). The van der Waals surface area contributed by atoms with Gasteiger partial charge in [0.1, 0.15) is 5.82 Å². The van der Waals surface area contributed by atoms with Gasteiger partial charge >= 0.3 is 0 Å². The minimum Gasteiger partial charge on any atom is -0.362 e. The van der Waals surface area contributed by atoms with Crippen LogP contribution in [0.2, 0.25) is 0 Å². The summed E-state index contributed by atoms with van der Waals surface area (Å²) < 4.78 is 40.9. The SMILES string of the molecule is NCC(c1cccc(F)c1F)N1CCc2ccc(F)cc21. The third-order valence-electron chi connectivity index (χ3n) is 3.92. The molecule has 0 spiro atoms. The highest BCUT2D eigenvalue weighted by Gasteiger charge is 2.29. The molecule has 1 heterocycles. The predicted octanol–water partition coefficient (Wildman–Crippen LogP) is 3.17. The summed E-state index contributed by atoms with van der Waals surface area (Å²) in [5.74, 6) is -2.14. The van der Waals surface area contributed by atoms with Crippen LogP contribution in [0.4, 0.5) is 18.9 Å². The fourth-order valence-corrected chi connectivity index (χ4v) is 2.90. The monoisotopic (exact) mass is 292 g/mol. The van der Waals surface area contributed by atoms with Gasteiger partial charge in [-0.3, -0.25) is 0 Å². The summed E-state index contributed by atoms with van der Waals surface area (Å²) in [7, 11) is 0. The van der Waals surface area contributed by atoms with Gasteiger partial charge < -0.3 is 10.6 Å².